The lowest BCUT2D eigenvalue weighted by Crippen LogP contribution is -2.55. The number of para-hydroxylation sites is 1. The maximum absolute atomic E-state index is 14.0. The Kier molecular flexibility index (Phi) is 8.61. The zero-order valence-corrected chi connectivity index (χ0v) is 18.6. The molecule has 0 spiro atoms. The molecule has 2 amide bonds. The van der Waals surface area contributed by atoms with Crippen LogP contribution in [0.3, 0.4) is 0 Å². The molecule has 0 radical (unpaired) electrons. The van der Waals surface area contributed by atoms with Gasteiger partial charge in [-0.3, -0.25) is 9.59 Å². The lowest BCUT2D eigenvalue weighted by Gasteiger charge is -2.28. The quantitative estimate of drug-likeness (QED) is 0.388. The van der Waals surface area contributed by atoms with Gasteiger partial charge in [-0.2, -0.15) is 0 Å². The molecule has 5 atom stereocenters. The van der Waals surface area contributed by atoms with Crippen LogP contribution in [0.25, 0.3) is 0 Å². The normalized spacial score (nSPS) is 20.9. The Morgan fingerprint density at radius 2 is 2.00 bits per heavy atom. The second-order valence-electron chi connectivity index (χ2n) is 8.33. The summed E-state index contributed by atoms with van der Waals surface area (Å²) in [4.78, 5) is 25.6. The number of benzene rings is 1. The van der Waals surface area contributed by atoms with Crippen molar-refractivity contribution in [1.29, 1.82) is 0 Å². The van der Waals surface area contributed by atoms with E-state index >= 15 is 0 Å². The SMILES string of the molecule is COC(C(=O)N[C@H]1CSc2cccc(F)c2NC1=O)C(O)C(O)C(O)C=CC(C)(C)C. The van der Waals surface area contributed by atoms with Crippen LogP contribution in [0.1, 0.15) is 20.8 Å². The second kappa shape index (κ2) is 10.6. The number of fused-ring (bicyclic) bond motifs is 1. The molecule has 0 fully saturated rings. The summed E-state index contributed by atoms with van der Waals surface area (Å²) >= 11 is 1.19. The largest absolute Gasteiger partial charge is 0.387 e. The molecule has 2 rings (SSSR count). The lowest BCUT2D eigenvalue weighted by atomic mass is 9.94. The Hall–Kier alpha value is -1.98. The van der Waals surface area contributed by atoms with E-state index < -0.39 is 48.1 Å². The molecule has 1 heterocycles. The van der Waals surface area contributed by atoms with Crippen molar-refractivity contribution in [2.75, 3.05) is 18.2 Å². The zero-order valence-electron chi connectivity index (χ0n) is 17.8. The van der Waals surface area contributed by atoms with Gasteiger partial charge in [0.05, 0.1) is 5.69 Å². The number of anilines is 1. The van der Waals surface area contributed by atoms with Crippen molar-refractivity contribution in [2.24, 2.45) is 5.41 Å². The van der Waals surface area contributed by atoms with Crippen molar-refractivity contribution in [1.82, 2.24) is 5.32 Å². The van der Waals surface area contributed by atoms with Crippen molar-refractivity contribution < 1.29 is 34.0 Å². The number of aliphatic hydroxyl groups excluding tert-OH is 3. The van der Waals surface area contributed by atoms with Crippen molar-refractivity contribution in [3.05, 3.63) is 36.2 Å². The Balaban J connectivity index is 2.06. The number of thioether (sulfide) groups is 1. The Morgan fingerprint density at radius 3 is 2.61 bits per heavy atom. The van der Waals surface area contributed by atoms with Crippen LogP contribution in [0, 0.1) is 11.2 Å². The summed E-state index contributed by atoms with van der Waals surface area (Å²) in [5, 5.41) is 35.7. The number of carbonyl (C=O) groups excluding carboxylic acids is 2. The first-order valence-electron chi connectivity index (χ1n) is 9.73. The van der Waals surface area contributed by atoms with Crippen LogP contribution < -0.4 is 10.6 Å². The predicted molar refractivity (Wildman–Crippen MR) is 115 cm³/mol. The first-order chi connectivity index (χ1) is 14.4. The number of halogens is 1. The van der Waals surface area contributed by atoms with Crippen LogP contribution in [0.5, 0.6) is 0 Å². The van der Waals surface area contributed by atoms with Gasteiger partial charge in [0.25, 0.3) is 5.91 Å². The Labute approximate surface area is 184 Å². The van der Waals surface area contributed by atoms with Gasteiger partial charge in [-0.1, -0.05) is 39.0 Å². The number of ether oxygens (including phenoxy) is 1. The van der Waals surface area contributed by atoms with E-state index in [0.717, 1.165) is 7.11 Å². The van der Waals surface area contributed by atoms with Crippen LogP contribution in [-0.4, -0.2) is 70.5 Å². The number of hydrogen-bond donors (Lipinski definition) is 5. The van der Waals surface area contributed by atoms with E-state index in [1.807, 2.05) is 20.8 Å². The molecular formula is C21H29FN2O6S. The minimum atomic E-state index is -1.76. The van der Waals surface area contributed by atoms with E-state index in [1.54, 1.807) is 12.1 Å². The third-order valence-corrected chi connectivity index (χ3v) is 5.73. The summed E-state index contributed by atoms with van der Waals surface area (Å²) in [7, 11) is 1.16. The van der Waals surface area contributed by atoms with E-state index in [2.05, 4.69) is 10.6 Å². The molecule has 0 saturated heterocycles. The van der Waals surface area contributed by atoms with Crippen LogP contribution in [0.4, 0.5) is 10.1 Å². The monoisotopic (exact) mass is 456 g/mol. The Bertz CT molecular complexity index is 829. The van der Waals surface area contributed by atoms with E-state index in [1.165, 1.54) is 30.0 Å². The molecule has 0 saturated carbocycles. The number of nitrogens with one attached hydrogen (secondary N) is 2. The molecule has 8 nitrogen and oxygen atoms in total. The smallest absolute Gasteiger partial charge is 0.252 e. The molecule has 1 aliphatic heterocycles. The van der Waals surface area contributed by atoms with Gasteiger partial charge in [-0.05, 0) is 17.5 Å². The number of hydrogen-bond acceptors (Lipinski definition) is 7. The Morgan fingerprint density at radius 1 is 1.32 bits per heavy atom. The number of rotatable bonds is 7. The zero-order chi connectivity index (χ0) is 23.3. The topological polar surface area (TPSA) is 128 Å². The van der Waals surface area contributed by atoms with E-state index in [4.69, 9.17) is 4.74 Å². The number of allylic oxidation sites excluding steroid dienone is 1. The molecule has 10 heteroatoms. The number of carbonyl (C=O) groups is 2. The molecule has 1 aliphatic rings. The first-order valence-corrected chi connectivity index (χ1v) is 10.7. The molecular weight excluding hydrogens is 427 g/mol. The average molecular weight is 457 g/mol. The standard InChI is InChI=1S/C21H29FN2O6S/c1-21(2,3)9-8-13(25)16(26)17(27)18(30-4)20(29)23-12-10-31-14-7-5-6-11(22)15(14)24-19(12)28/h5-9,12-13,16-18,25-27H,10H2,1-4H3,(H,23,29)(H,24,28)/t12-,13?,16?,17?,18?/m0/s1. The summed E-state index contributed by atoms with van der Waals surface area (Å²) in [6.07, 6.45) is -3.45. The summed E-state index contributed by atoms with van der Waals surface area (Å²) in [5.41, 5.74) is -0.215. The average Bonchev–Trinajstić information content (AvgIpc) is 2.85. The van der Waals surface area contributed by atoms with E-state index in [9.17, 15) is 29.3 Å². The van der Waals surface area contributed by atoms with Crippen molar-refractivity contribution in [3.63, 3.8) is 0 Å². The van der Waals surface area contributed by atoms with Gasteiger partial charge in [-0.15, -0.1) is 11.8 Å². The van der Waals surface area contributed by atoms with Crippen molar-refractivity contribution >= 4 is 29.3 Å². The highest BCUT2D eigenvalue weighted by molar-refractivity contribution is 7.99. The highest BCUT2D eigenvalue weighted by atomic mass is 32.2. The van der Waals surface area contributed by atoms with Gasteiger partial charge in [0.1, 0.15) is 30.2 Å². The van der Waals surface area contributed by atoms with Crippen LogP contribution in [0.2, 0.25) is 0 Å². The highest BCUT2D eigenvalue weighted by Gasteiger charge is 2.37. The number of amides is 2. The molecule has 0 aromatic heterocycles. The number of aliphatic hydroxyl groups is 3. The fraction of sp³-hybridized carbons (Fsp3) is 0.524. The lowest BCUT2D eigenvalue weighted by molar-refractivity contribution is -0.150. The molecule has 5 N–H and O–H groups in total. The number of methoxy groups -OCH3 is 1. The summed E-state index contributed by atoms with van der Waals surface area (Å²) in [6.45, 7) is 5.68. The third kappa shape index (κ3) is 6.75. The first kappa shape index (κ1) is 25.3. The van der Waals surface area contributed by atoms with Crippen LogP contribution >= 0.6 is 11.8 Å². The molecule has 0 aliphatic carbocycles. The molecule has 0 bridgehead atoms. The second-order valence-corrected chi connectivity index (χ2v) is 9.39. The summed E-state index contributed by atoms with van der Waals surface area (Å²) in [5.74, 6) is -1.94. The van der Waals surface area contributed by atoms with Gasteiger partial charge in [-0.25, -0.2) is 4.39 Å². The van der Waals surface area contributed by atoms with Crippen LogP contribution in [-0.2, 0) is 14.3 Å². The minimum Gasteiger partial charge on any atom is -0.387 e. The third-order valence-electron chi connectivity index (χ3n) is 4.58. The van der Waals surface area contributed by atoms with Gasteiger partial charge >= 0.3 is 0 Å². The molecule has 1 aromatic rings. The fourth-order valence-electron chi connectivity index (χ4n) is 2.85. The minimum absolute atomic E-state index is 0.0433. The van der Waals surface area contributed by atoms with E-state index in [0.29, 0.717) is 4.90 Å². The maximum Gasteiger partial charge on any atom is 0.252 e. The molecule has 31 heavy (non-hydrogen) atoms. The predicted octanol–water partition coefficient (Wildman–Crippen LogP) is 1.05. The van der Waals surface area contributed by atoms with Gasteiger partial charge in [0, 0.05) is 17.8 Å². The van der Waals surface area contributed by atoms with Crippen molar-refractivity contribution in [3.8, 4) is 0 Å². The fourth-order valence-corrected chi connectivity index (χ4v) is 3.90. The summed E-state index contributed by atoms with van der Waals surface area (Å²) in [6, 6.07) is 3.36. The van der Waals surface area contributed by atoms with Crippen LogP contribution in [0.15, 0.2) is 35.2 Å². The maximum atomic E-state index is 14.0. The van der Waals surface area contributed by atoms with E-state index in [-0.39, 0.29) is 16.9 Å². The van der Waals surface area contributed by atoms with Gasteiger partial charge in [0.2, 0.25) is 5.91 Å². The van der Waals surface area contributed by atoms with Gasteiger partial charge in [0.15, 0.2) is 6.10 Å². The molecule has 172 valence electrons. The summed E-state index contributed by atoms with van der Waals surface area (Å²) < 4.78 is 19.0. The highest BCUT2D eigenvalue weighted by Crippen LogP contribution is 2.32. The van der Waals surface area contributed by atoms with Gasteiger partial charge < -0.3 is 30.7 Å². The molecule has 4 unspecified atom stereocenters. The van der Waals surface area contributed by atoms with Crippen molar-refractivity contribution in [2.45, 2.75) is 56.1 Å². The molecule has 1 aromatic carbocycles.